The van der Waals surface area contributed by atoms with E-state index in [-0.39, 0.29) is 6.42 Å². The van der Waals surface area contributed by atoms with Crippen LogP contribution in [-0.4, -0.2) is 28.0 Å². The van der Waals surface area contributed by atoms with Gasteiger partial charge in [-0.15, -0.1) is 0 Å². The quantitative estimate of drug-likeness (QED) is 0.875. The average molecular weight is 246 g/mol. The fourth-order valence-electron chi connectivity index (χ4n) is 1.75. The van der Waals surface area contributed by atoms with E-state index >= 15 is 0 Å². The number of carboxylic acids is 1. The van der Waals surface area contributed by atoms with Crippen molar-refractivity contribution >= 4 is 5.97 Å². The van der Waals surface area contributed by atoms with Crippen molar-refractivity contribution in [3.63, 3.8) is 0 Å². The molecule has 2 aromatic rings. The Hall–Kier alpha value is -2.30. The number of methoxy groups -OCH3 is 1. The number of aryl methyl sites for hydroxylation is 1. The molecule has 0 aliphatic carbocycles. The van der Waals surface area contributed by atoms with Crippen molar-refractivity contribution in [1.29, 1.82) is 0 Å². The van der Waals surface area contributed by atoms with Gasteiger partial charge in [-0.05, 0) is 18.6 Å². The first-order chi connectivity index (χ1) is 8.72. The summed E-state index contributed by atoms with van der Waals surface area (Å²) in [7, 11) is 1.56. The van der Waals surface area contributed by atoms with E-state index in [2.05, 4.69) is 5.10 Å². The van der Waals surface area contributed by atoms with Gasteiger partial charge in [0, 0.05) is 12.0 Å². The first-order valence-electron chi connectivity index (χ1n) is 5.60. The lowest BCUT2D eigenvalue weighted by Crippen LogP contribution is -2.02. The van der Waals surface area contributed by atoms with Gasteiger partial charge in [-0.25, -0.2) is 4.68 Å². The normalized spacial score (nSPS) is 10.3. The van der Waals surface area contributed by atoms with Crippen LogP contribution in [0.1, 0.15) is 12.0 Å². The van der Waals surface area contributed by atoms with Crippen LogP contribution in [-0.2, 0) is 11.2 Å². The molecule has 0 saturated carbocycles. The molecular formula is C13H14N2O3. The minimum Gasteiger partial charge on any atom is -0.481 e. The zero-order valence-electron chi connectivity index (χ0n) is 10.0. The molecule has 0 atom stereocenters. The highest BCUT2D eigenvalue weighted by atomic mass is 16.5. The number of carboxylic acid groups (broad SMARTS) is 1. The molecule has 0 bridgehead atoms. The van der Waals surface area contributed by atoms with E-state index in [1.54, 1.807) is 18.0 Å². The maximum atomic E-state index is 10.6. The third-order valence-corrected chi connectivity index (χ3v) is 2.60. The first-order valence-corrected chi connectivity index (χ1v) is 5.60. The maximum absolute atomic E-state index is 10.6. The van der Waals surface area contributed by atoms with Crippen molar-refractivity contribution in [2.24, 2.45) is 0 Å². The summed E-state index contributed by atoms with van der Waals surface area (Å²) in [5.74, 6) is -0.244. The fraction of sp³-hybridized carbons (Fsp3) is 0.231. The van der Waals surface area contributed by atoms with Crippen molar-refractivity contribution in [1.82, 2.24) is 9.78 Å². The Labute approximate surface area is 105 Å². The van der Waals surface area contributed by atoms with Gasteiger partial charge in [-0.1, -0.05) is 18.2 Å². The molecule has 0 unspecified atom stereocenters. The average Bonchev–Trinajstić information content (AvgIpc) is 2.80. The number of carbonyl (C=O) groups is 1. The van der Waals surface area contributed by atoms with Crippen molar-refractivity contribution in [2.45, 2.75) is 12.8 Å². The smallest absolute Gasteiger partial charge is 0.303 e. The Morgan fingerprint density at radius 3 is 2.72 bits per heavy atom. The van der Waals surface area contributed by atoms with Crippen LogP contribution < -0.4 is 4.74 Å². The standard InChI is InChI=1S/C13H14N2O3/c1-18-13-10(7-8-12(16)17)9-14-15(13)11-5-3-2-4-6-11/h2-6,9H,7-8H2,1H3,(H,16,17). The van der Waals surface area contributed by atoms with Gasteiger partial charge < -0.3 is 9.84 Å². The van der Waals surface area contributed by atoms with Gasteiger partial charge in [-0.2, -0.15) is 5.10 Å². The van der Waals surface area contributed by atoms with Crippen molar-refractivity contribution in [2.75, 3.05) is 7.11 Å². The molecule has 5 heteroatoms. The highest BCUT2D eigenvalue weighted by Crippen LogP contribution is 2.23. The van der Waals surface area contributed by atoms with Crippen LogP contribution >= 0.6 is 0 Å². The molecule has 0 radical (unpaired) electrons. The minimum atomic E-state index is -0.829. The van der Waals surface area contributed by atoms with Crippen molar-refractivity contribution in [3.05, 3.63) is 42.1 Å². The second-order valence-electron chi connectivity index (χ2n) is 3.82. The molecule has 0 amide bonds. The molecule has 2 rings (SSSR count). The number of rotatable bonds is 5. The number of hydrogen-bond acceptors (Lipinski definition) is 3. The second-order valence-corrected chi connectivity index (χ2v) is 3.82. The van der Waals surface area contributed by atoms with Gasteiger partial charge in [0.25, 0.3) is 0 Å². The highest BCUT2D eigenvalue weighted by Gasteiger charge is 2.13. The first kappa shape index (κ1) is 12.2. The van der Waals surface area contributed by atoms with Gasteiger partial charge in [0.05, 0.1) is 19.0 Å². The Bertz CT molecular complexity index is 534. The molecule has 18 heavy (non-hydrogen) atoms. The second kappa shape index (κ2) is 5.35. The molecule has 1 aromatic carbocycles. The minimum absolute atomic E-state index is 0.0663. The van der Waals surface area contributed by atoms with Crippen LogP contribution in [0.5, 0.6) is 5.88 Å². The van der Waals surface area contributed by atoms with Crippen LogP contribution in [0.15, 0.2) is 36.5 Å². The van der Waals surface area contributed by atoms with Crippen LogP contribution in [0.2, 0.25) is 0 Å². The molecule has 94 valence electrons. The third-order valence-electron chi connectivity index (χ3n) is 2.60. The van der Waals surface area contributed by atoms with E-state index in [0.29, 0.717) is 12.3 Å². The number of aliphatic carboxylic acids is 1. The number of ether oxygens (including phenoxy) is 1. The van der Waals surface area contributed by atoms with Gasteiger partial charge in [0.2, 0.25) is 5.88 Å². The molecule has 0 saturated heterocycles. The maximum Gasteiger partial charge on any atom is 0.303 e. The predicted molar refractivity (Wildman–Crippen MR) is 66.1 cm³/mol. The monoisotopic (exact) mass is 246 g/mol. The molecular weight excluding hydrogens is 232 g/mol. The molecule has 0 aliphatic heterocycles. The molecule has 0 fully saturated rings. The largest absolute Gasteiger partial charge is 0.481 e. The summed E-state index contributed by atoms with van der Waals surface area (Å²) in [6.45, 7) is 0. The summed E-state index contributed by atoms with van der Waals surface area (Å²) in [5.41, 5.74) is 1.68. The van der Waals surface area contributed by atoms with Gasteiger partial charge in [0.15, 0.2) is 0 Å². The van der Waals surface area contributed by atoms with E-state index in [9.17, 15) is 4.79 Å². The highest BCUT2D eigenvalue weighted by molar-refractivity contribution is 5.67. The summed E-state index contributed by atoms with van der Waals surface area (Å²) >= 11 is 0. The third kappa shape index (κ3) is 2.51. The zero-order valence-corrected chi connectivity index (χ0v) is 10.0. The predicted octanol–water partition coefficient (Wildman–Crippen LogP) is 1.90. The Balaban J connectivity index is 2.30. The van der Waals surface area contributed by atoms with Gasteiger partial charge in [-0.3, -0.25) is 4.79 Å². The Kier molecular flexibility index (Phi) is 3.62. The molecule has 1 aromatic heterocycles. The van der Waals surface area contributed by atoms with Crippen molar-refractivity contribution < 1.29 is 14.6 Å². The lowest BCUT2D eigenvalue weighted by atomic mass is 10.2. The lowest BCUT2D eigenvalue weighted by Gasteiger charge is -2.07. The van der Waals surface area contributed by atoms with Gasteiger partial charge in [0.1, 0.15) is 0 Å². The van der Waals surface area contributed by atoms with E-state index < -0.39 is 5.97 Å². The summed E-state index contributed by atoms with van der Waals surface area (Å²) in [5, 5.41) is 12.9. The van der Waals surface area contributed by atoms with Crippen LogP contribution in [0.25, 0.3) is 5.69 Å². The number of nitrogens with zero attached hydrogens (tertiary/aromatic N) is 2. The Morgan fingerprint density at radius 1 is 1.39 bits per heavy atom. The SMILES string of the molecule is COc1c(CCC(=O)O)cnn1-c1ccccc1. The van der Waals surface area contributed by atoms with E-state index in [1.807, 2.05) is 30.3 Å². The molecule has 1 heterocycles. The summed E-state index contributed by atoms with van der Waals surface area (Å²) in [4.78, 5) is 10.6. The van der Waals surface area contributed by atoms with E-state index in [0.717, 1.165) is 11.3 Å². The fourth-order valence-corrected chi connectivity index (χ4v) is 1.75. The Morgan fingerprint density at radius 2 is 2.11 bits per heavy atom. The van der Waals surface area contributed by atoms with Crippen LogP contribution in [0.3, 0.4) is 0 Å². The molecule has 1 N–H and O–H groups in total. The van der Waals surface area contributed by atoms with Crippen LogP contribution in [0.4, 0.5) is 0 Å². The lowest BCUT2D eigenvalue weighted by molar-refractivity contribution is -0.136. The summed E-state index contributed by atoms with van der Waals surface area (Å²) < 4.78 is 6.97. The van der Waals surface area contributed by atoms with Crippen molar-refractivity contribution in [3.8, 4) is 11.6 Å². The molecule has 5 nitrogen and oxygen atoms in total. The summed E-state index contributed by atoms with van der Waals surface area (Å²) in [6, 6.07) is 9.57. The number of aromatic nitrogens is 2. The topological polar surface area (TPSA) is 64.3 Å². The van der Waals surface area contributed by atoms with Crippen LogP contribution in [0, 0.1) is 0 Å². The van der Waals surface area contributed by atoms with E-state index in [1.165, 1.54) is 0 Å². The van der Waals surface area contributed by atoms with Gasteiger partial charge >= 0.3 is 5.97 Å². The summed E-state index contributed by atoms with van der Waals surface area (Å²) in [6.07, 6.45) is 2.12. The number of para-hydroxylation sites is 1. The zero-order chi connectivity index (χ0) is 13.0. The molecule has 0 spiro atoms. The van der Waals surface area contributed by atoms with E-state index in [4.69, 9.17) is 9.84 Å². The number of hydrogen-bond donors (Lipinski definition) is 1. The molecule has 0 aliphatic rings. The number of benzene rings is 1.